The van der Waals surface area contributed by atoms with Gasteiger partial charge in [0.25, 0.3) is 0 Å². The number of rotatable bonds is 8. The van der Waals surface area contributed by atoms with Crippen LogP contribution in [0.2, 0.25) is 0 Å². The summed E-state index contributed by atoms with van der Waals surface area (Å²) in [7, 11) is 4.17. The second kappa shape index (κ2) is 7.85. The van der Waals surface area contributed by atoms with Gasteiger partial charge >= 0.3 is 0 Å². The molecule has 1 rings (SSSR count). The predicted octanol–water partition coefficient (Wildman–Crippen LogP) is 2.05. The SMILES string of the molecule is CCCC1NC(CCC)N(C(C)CCN(C)C)C1=O. The molecule has 0 radical (unpaired) electrons. The zero-order valence-electron chi connectivity index (χ0n) is 13.3. The van der Waals surface area contributed by atoms with Gasteiger partial charge in [-0.3, -0.25) is 10.1 Å². The molecule has 4 heteroatoms. The third kappa shape index (κ3) is 4.46. The fourth-order valence-corrected chi connectivity index (χ4v) is 2.82. The maximum Gasteiger partial charge on any atom is 0.241 e. The molecule has 1 fully saturated rings. The van der Waals surface area contributed by atoms with Gasteiger partial charge in [0.05, 0.1) is 12.2 Å². The largest absolute Gasteiger partial charge is 0.323 e. The maximum absolute atomic E-state index is 12.5. The Hall–Kier alpha value is -0.610. The molecule has 0 spiro atoms. The Bertz CT molecular complexity index is 281. The summed E-state index contributed by atoms with van der Waals surface area (Å²) >= 11 is 0. The first-order valence-corrected chi connectivity index (χ1v) is 7.74. The van der Waals surface area contributed by atoms with E-state index < -0.39 is 0 Å². The van der Waals surface area contributed by atoms with Crippen LogP contribution in [0.15, 0.2) is 0 Å². The van der Waals surface area contributed by atoms with Crippen molar-refractivity contribution in [2.45, 2.75) is 71.1 Å². The molecule has 0 aromatic carbocycles. The molecular formula is C15H31N3O. The van der Waals surface area contributed by atoms with Gasteiger partial charge in [0, 0.05) is 6.04 Å². The summed E-state index contributed by atoms with van der Waals surface area (Å²) in [5.74, 6) is 0.312. The first kappa shape index (κ1) is 16.4. The molecule has 3 atom stereocenters. The normalized spacial score (nSPS) is 25.4. The maximum atomic E-state index is 12.5. The summed E-state index contributed by atoms with van der Waals surface area (Å²) in [6.07, 6.45) is 5.46. The Balaban J connectivity index is 2.66. The minimum absolute atomic E-state index is 0.0448. The van der Waals surface area contributed by atoms with Crippen molar-refractivity contribution in [3.63, 3.8) is 0 Å². The van der Waals surface area contributed by atoms with Crippen LogP contribution in [0, 0.1) is 0 Å². The molecular weight excluding hydrogens is 238 g/mol. The fourth-order valence-electron chi connectivity index (χ4n) is 2.82. The van der Waals surface area contributed by atoms with Crippen LogP contribution in [0.5, 0.6) is 0 Å². The van der Waals surface area contributed by atoms with Crippen molar-refractivity contribution in [2.75, 3.05) is 20.6 Å². The highest BCUT2D eigenvalue weighted by atomic mass is 16.2. The van der Waals surface area contributed by atoms with E-state index in [4.69, 9.17) is 0 Å². The average Bonchev–Trinajstić information content (AvgIpc) is 2.64. The van der Waals surface area contributed by atoms with Crippen LogP contribution in [-0.4, -0.2) is 54.6 Å². The molecule has 112 valence electrons. The van der Waals surface area contributed by atoms with E-state index in [1.165, 1.54) is 0 Å². The van der Waals surface area contributed by atoms with Crippen molar-refractivity contribution in [1.29, 1.82) is 0 Å². The molecule has 1 aliphatic heterocycles. The lowest BCUT2D eigenvalue weighted by Gasteiger charge is -2.31. The highest BCUT2D eigenvalue weighted by molar-refractivity contribution is 5.84. The van der Waals surface area contributed by atoms with Gasteiger partial charge in [-0.2, -0.15) is 0 Å². The van der Waals surface area contributed by atoms with Crippen molar-refractivity contribution in [2.24, 2.45) is 0 Å². The molecule has 0 saturated carbocycles. The van der Waals surface area contributed by atoms with Gasteiger partial charge in [-0.25, -0.2) is 0 Å². The van der Waals surface area contributed by atoms with Gasteiger partial charge in [0.15, 0.2) is 0 Å². The molecule has 1 amide bonds. The smallest absolute Gasteiger partial charge is 0.241 e. The molecule has 19 heavy (non-hydrogen) atoms. The molecule has 1 heterocycles. The van der Waals surface area contributed by atoms with E-state index in [1.54, 1.807) is 0 Å². The molecule has 1 aliphatic rings. The number of carbonyl (C=O) groups excluding carboxylic acids is 1. The molecule has 1 saturated heterocycles. The monoisotopic (exact) mass is 269 g/mol. The van der Waals surface area contributed by atoms with E-state index in [0.29, 0.717) is 11.9 Å². The van der Waals surface area contributed by atoms with Gasteiger partial charge in [-0.05, 0) is 46.8 Å². The molecule has 1 N–H and O–H groups in total. The number of hydrogen-bond donors (Lipinski definition) is 1. The fraction of sp³-hybridized carbons (Fsp3) is 0.933. The van der Waals surface area contributed by atoms with E-state index in [1.807, 2.05) is 0 Å². The lowest BCUT2D eigenvalue weighted by atomic mass is 10.1. The Morgan fingerprint density at radius 2 is 1.89 bits per heavy atom. The number of nitrogens with one attached hydrogen (secondary N) is 1. The summed E-state index contributed by atoms with van der Waals surface area (Å²) in [6.45, 7) is 7.53. The quantitative estimate of drug-likeness (QED) is 0.732. The molecule has 0 aliphatic carbocycles. The number of hydrogen-bond acceptors (Lipinski definition) is 3. The van der Waals surface area contributed by atoms with Crippen LogP contribution >= 0.6 is 0 Å². The zero-order chi connectivity index (χ0) is 14.4. The van der Waals surface area contributed by atoms with E-state index in [2.05, 4.69) is 50.0 Å². The summed E-state index contributed by atoms with van der Waals surface area (Å²) in [5, 5.41) is 3.52. The Morgan fingerprint density at radius 1 is 1.26 bits per heavy atom. The van der Waals surface area contributed by atoms with Crippen molar-refractivity contribution in [3.8, 4) is 0 Å². The third-order valence-electron chi connectivity index (χ3n) is 3.89. The molecule has 0 aromatic heterocycles. The lowest BCUT2D eigenvalue weighted by molar-refractivity contribution is -0.132. The highest BCUT2D eigenvalue weighted by Gasteiger charge is 2.39. The van der Waals surface area contributed by atoms with Gasteiger partial charge in [0.2, 0.25) is 5.91 Å². The molecule has 0 bridgehead atoms. The van der Waals surface area contributed by atoms with Crippen LogP contribution in [-0.2, 0) is 4.79 Å². The highest BCUT2D eigenvalue weighted by Crippen LogP contribution is 2.22. The molecule has 0 aromatic rings. The minimum atomic E-state index is 0.0448. The minimum Gasteiger partial charge on any atom is -0.323 e. The predicted molar refractivity (Wildman–Crippen MR) is 80.0 cm³/mol. The van der Waals surface area contributed by atoms with Gasteiger partial charge in [-0.15, -0.1) is 0 Å². The first-order valence-electron chi connectivity index (χ1n) is 7.74. The van der Waals surface area contributed by atoms with E-state index >= 15 is 0 Å². The van der Waals surface area contributed by atoms with Crippen LogP contribution in [0.3, 0.4) is 0 Å². The summed E-state index contributed by atoms with van der Waals surface area (Å²) in [4.78, 5) is 16.8. The lowest BCUT2D eigenvalue weighted by Crippen LogP contribution is -2.44. The van der Waals surface area contributed by atoms with E-state index in [0.717, 1.165) is 38.6 Å². The molecule has 4 nitrogen and oxygen atoms in total. The van der Waals surface area contributed by atoms with Crippen molar-refractivity contribution < 1.29 is 4.79 Å². The van der Waals surface area contributed by atoms with Crippen LogP contribution in [0.4, 0.5) is 0 Å². The van der Waals surface area contributed by atoms with Crippen LogP contribution in [0.25, 0.3) is 0 Å². The summed E-state index contributed by atoms with van der Waals surface area (Å²) in [5.41, 5.74) is 0. The zero-order valence-corrected chi connectivity index (χ0v) is 13.3. The van der Waals surface area contributed by atoms with Gasteiger partial charge in [0.1, 0.15) is 0 Å². The Morgan fingerprint density at radius 3 is 2.42 bits per heavy atom. The summed E-state index contributed by atoms with van der Waals surface area (Å²) < 4.78 is 0. The standard InChI is InChI=1S/C15H31N3O/c1-6-8-13-15(19)18(14(16-13)9-7-2)12(3)10-11-17(4)5/h12-14,16H,6-11H2,1-5H3. The van der Waals surface area contributed by atoms with Crippen molar-refractivity contribution in [1.82, 2.24) is 15.1 Å². The summed E-state index contributed by atoms with van der Waals surface area (Å²) in [6, 6.07) is 0.365. The first-order chi connectivity index (χ1) is 9.01. The van der Waals surface area contributed by atoms with Gasteiger partial charge < -0.3 is 9.80 Å². The second-order valence-electron chi connectivity index (χ2n) is 6.00. The Kier molecular flexibility index (Phi) is 6.80. The number of nitrogens with zero attached hydrogens (tertiary/aromatic N) is 2. The number of carbonyl (C=O) groups is 1. The van der Waals surface area contributed by atoms with Crippen molar-refractivity contribution in [3.05, 3.63) is 0 Å². The van der Waals surface area contributed by atoms with Crippen molar-refractivity contribution >= 4 is 5.91 Å². The van der Waals surface area contributed by atoms with Crippen LogP contribution < -0.4 is 5.32 Å². The number of amides is 1. The van der Waals surface area contributed by atoms with E-state index in [-0.39, 0.29) is 12.2 Å². The molecule has 3 unspecified atom stereocenters. The second-order valence-corrected chi connectivity index (χ2v) is 6.00. The average molecular weight is 269 g/mol. The van der Waals surface area contributed by atoms with Crippen LogP contribution in [0.1, 0.15) is 52.9 Å². The third-order valence-corrected chi connectivity index (χ3v) is 3.89. The Labute approximate surface area is 118 Å². The van der Waals surface area contributed by atoms with E-state index in [9.17, 15) is 4.79 Å². The topological polar surface area (TPSA) is 35.6 Å². The van der Waals surface area contributed by atoms with Gasteiger partial charge in [-0.1, -0.05) is 26.7 Å².